The summed E-state index contributed by atoms with van der Waals surface area (Å²) >= 11 is 0. The van der Waals surface area contributed by atoms with Crippen molar-refractivity contribution in [2.24, 2.45) is 0 Å². The van der Waals surface area contributed by atoms with Crippen LogP contribution in [0.1, 0.15) is 10.4 Å². The maximum absolute atomic E-state index is 12.0. The van der Waals surface area contributed by atoms with Crippen molar-refractivity contribution in [3.8, 4) is 11.4 Å². The Hall–Kier alpha value is -3.15. The van der Waals surface area contributed by atoms with E-state index < -0.39 is 0 Å². The van der Waals surface area contributed by atoms with Crippen LogP contribution in [0, 0.1) is 0 Å². The van der Waals surface area contributed by atoms with Gasteiger partial charge in [0.25, 0.3) is 5.91 Å². The van der Waals surface area contributed by atoms with Gasteiger partial charge in [-0.3, -0.25) is 4.79 Å². The molecule has 0 aliphatic carbocycles. The molecule has 0 fully saturated rings. The number of aromatic nitrogens is 4. The molecule has 1 amide bonds. The van der Waals surface area contributed by atoms with Crippen molar-refractivity contribution in [1.82, 2.24) is 19.9 Å². The predicted molar refractivity (Wildman–Crippen MR) is 77.5 cm³/mol. The first kappa shape index (κ1) is 12.9. The molecule has 1 N–H and O–H groups in total. The second-order valence-corrected chi connectivity index (χ2v) is 4.21. The summed E-state index contributed by atoms with van der Waals surface area (Å²) in [5, 5.41) is 2.65. The smallest absolute Gasteiger partial charge is 0.259 e. The quantitative estimate of drug-likeness (QED) is 0.793. The largest absolute Gasteiger partial charge is 0.306 e. The summed E-state index contributed by atoms with van der Waals surface area (Å²) in [6.45, 7) is 0. The Morgan fingerprint density at radius 2 is 1.71 bits per heavy atom. The highest BCUT2D eigenvalue weighted by molar-refractivity contribution is 6.03. The lowest BCUT2D eigenvalue weighted by molar-refractivity contribution is 0.102. The van der Waals surface area contributed by atoms with Gasteiger partial charge in [0.15, 0.2) is 5.82 Å². The van der Waals surface area contributed by atoms with Gasteiger partial charge in [0.2, 0.25) is 0 Å². The number of hydrogen-bond donors (Lipinski definition) is 1. The summed E-state index contributed by atoms with van der Waals surface area (Å²) in [6.07, 6.45) is 5.90. The van der Waals surface area contributed by atoms with E-state index in [4.69, 9.17) is 0 Å². The molecule has 1 aromatic carbocycles. The van der Waals surface area contributed by atoms with E-state index in [1.807, 2.05) is 30.3 Å². The van der Waals surface area contributed by atoms with E-state index in [0.717, 1.165) is 5.56 Å². The van der Waals surface area contributed by atoms with Crippen LogP contribution in [0.2, 0.25) is 0 Å². The van der Waals surface area contributed by atoms with Crippen molar-refractivity contribution in [3.05, 3.63) is 66.9 Å². The Balaban J connectivity index is 1.77. The lowest BCUT2D eigenvalue weighted by Gasteiger charge is -2.04. The van der Waals surface area contributed by atoms with Gasteiger partial charge >= 0.3 is 0 Å². The highest BCUT2D eigenvalue weighted by atomic mass is 16.1. The summed E-state index contributed by atoms with van der Waals surface area (Å²) in [5.74, 6) is 0.699. The van der Waals surface area contributed by atoms with Crippen LogP contribution < -0.4 is 5.32 Å². The average molecular weight is 277 g/mol. The molecule has 2 heterocycles. The first-order valence-electron chi connectivity index (χ1n) is 6.28. The minimum atomic E-state index is -0.312. The number of amides is 1. The second kappa shape index (κ2) is 5.87. The molecule has 21 heavy (non-hydrogen) atoms. The first-order valence-corrected chi connectivity index (χ1v) is 6.28. The zero-order chi connectivity index (χ0) is 14.5. The molecule has 0 saturated heterocycles. The molecule has 0 aliphatic heterocycles. The Labute approximate surface area is 121 Å². The summed E-state index contributed by atoms with van der Waals surface area (Å²) in [6, 6.07) is 11.2. The maximum Gasteiger partial charge on any atom is 0.259 e. The van der Waals surface area contributed by atoms with Gasteiger partial charge in [-0.1, -0.05) is 30.3 Å². The van der Waals surface area contributed by atoms with Crippen molar-refractivity contribution in [2.45, 2.75) is 0 Å². The molecule has 0 aliphatic rings. The molecule has 6 nitrogen and oxygen atoms in total. The van der Waals surface area contributed by atoms with Gasteiger partial charge in [-0.05, 0) is 6.07 Å². The molecule has 0 radical (unpaired) electrons. The number of carbonyl (C=O) groups excluding carboxylic acids is 1. The summed E-state index contributed by atoms with van der Waals surface area (Å²) in [4.78, 5) is 28.1. The molecule has 0 atom stereocenters. The van der Waals surface area contributed by atoms with Crippen molar-refractivity contribution >= 4 is 11.7 Å². The zero-order valence-electron chi connectivity index (χ0n) is 11.0. The van der Waals surface area contributed by atoms with Crippen molar-refractivity contribution in [1.29, 1.82) is 0 Å². The number of hydrogen-bond acceptors (Lipinski definition) is 5. The topological polar surface area (TPSA) is 80.7 Å². The van der Waals surface area contributed by atoms with E-state index >= 15 is 0 Å². The lowest BCUT2D eigenvalue weighted by Crippen LogP contribution is -2.13. The molecule has 2 aromatic heterocycles. The fourth-order valence-electron chi connectivity index (χ4n) is 1.73. The highest BCUT2D eigenvalue weighted by Crippen LogP contribution is 2.13. The third-order valence-corrected chi connectivity index (χ3v) is 2.77. The van der Waals surface area contributed by atoms with Gasteiger partial charge in [0.05, 0.1) is 5.56 Å². The number of nitrogens with zero attached hydrogens (tertiary/aromatic N) is 4. The van der Waals surface area contributed by atoms with Crippen LogP contribution in [0.4, 0.5) is 5.82 Å². The molecule has 0 bridgehead atoms. The van der Waals surface area contributed by atoms with Crippen LogP contribution in [0.25, 0.3) is 11.4 Å². The van der Waals surface area contributed by atoms with E-state index in [-0.39, 0.29) is 5.91 Å². The number of anilines is 1. The van der Waals surface area contributed by atoms with E-state index in [1.165, 1.54) is 18.7 Å². The summed E-state index contributed by atoms with van der Waals surface area (Å²) in [7, 11) is 0. The van der Waals surface area contributed by atoms with Gasteiger partial charge in [-0.15, -0.1) is 0 Å². The van der Waals surface area contributed by atoms with Crippen LogP contribution in [0.3, 0.4) is 0 Å². The summed E-state index contributed by atoms with van der Waals surface area (Å²) < 4.78 is 0. The SMILES string of the molecule is O=C(Nc1ccncn1)c1cnc(-c2ccccc2)nc1. The minimum absolute atomic E-state index is 0.312. The number of rotatable bonds is 3. The van der Waals surface area contributed by atoms with Gasteiger partial charge in [-0.2, -0.15) is 0 Å². The second-order valence-electron chi connectivity index (χ2n) is 4.21. The van der Waals surface area contributed by atoms with Crippen LogP contribution >= 0.6 is 0 Å². The summed E-state index contributed by atoms with van der Waals surface area (Å²) in [5.41, 5.74) is 1.27. The Bertz CT molecular complexity index is 729. The molecule has 0 spiro atoms. The van der Waals surface area contributed by atoms with Crippen molar-refractivity contribution in [2.75, 3.05) is 5.32 Å². The van der Waals surface area contributed by atoms with Gasteiger partial charge in [0, 0.05) is 24.2 Å². The van der Waals surface area contributed by atoms with Crippen LogP contribution in [0.15, 0.2) is 61.3 Å². The van der Waals surface area contributed by atoms with Crippen molar-refractivity contribution in [3.63, 3.8) is 0 Å². The molecule has 3 aromatic rings. The molecule has 102 valence electrons. The molecule has 0 saturated carbocycles. The molecule has 3 rings (SSSR count). The van der Waals surface area contributed by atoms with Crippen LogP contribution in [-0.4, -0.2) is 25.8 Å². The van der Waals surface area contributed by atoms with E-state index in [9.17, 15) is 4.79 Å². The number of carbonyl (C=O) groups is 1. The standard InChI is InChI=1S/C15H11N5O/c21-15(20-13-6-7-16-10-19-13)12-8-17-14(18-9-12)11-4-2-1-3-5-11/h1-10H,(H,16,19,20,21). The fraction of sp³-hybridized carbons (Fsp3) is 0. The highest BCUT2D eigenvalue weighted by Gasteiger charge is 2.08. The zero-order valence-corrected chi connectivity index (χ0v) is 11.0. The van der Waals surface area contributed by atoms with Crippen molar-refractivity contribution < 1.29 is 4.79 Å². The van der Waals surface area contributed by atoms with E-state index in [2.05, 4.69) is 25.3 Å². The Morgan fingerprint density at radius 1 is 0.952 bits per heavy atom. The monoisotopic (exact) mass is 277 g/mol. The predicted octanol–water partition coefficient (Wildman–Crippen LogP) is 2.19. The van der Waals surface area contributed by atoms with Gasteiger partial charge in [-0.25, -0.2) is 19.9 Å². The van der Waals surface area contributed by atoms with Crippen LogP contribution in [0.5, 0.6) is 0 Å². The average Bonchev–Trinajstić information content (AvgIpc) is 2.57. The third-order valence-electron chi connectivity index (χ3n) is 2.77. The molecule has 0 unspecified atom stereocenters. The van der Waals surface area contributed by atoms with E-state index in [0.29, 0.717) is 17.2 Å². The number of nitrogens with one attached hydrogen (secondary N) is 1. The van der Waals surface area contributed by atoms with Gasteiger partial charge in [0.1, 0.15) is 12.1 Å². The van der Waals surface area contributed by atoms with Crippen LogP contribution in [-0.2, 0) is 0 Å². The molecule has 6 heteroatoms. The lowest BCUT2D eigenvalue weighted by atomic mass is 10.2. The normalized spacial score (nSPS) is 10.1. The minimum Gasteiger partial charge on any atom is -0.306 e. The Morgan fingerprint density at radius 3 is 2.38 bits per heavy atom. The third kappa shape index (κ3) is 3.06. The molecular formula is C15H11N5O. The van der Waals surface area contributed by atoms with E-state index in [1.54, 1.807) is 12.3 Å². The first-order chi connectivity index (χ1) is 10.3. The van der Waals surface area contributed by atoms with Gasteiger partial charge < -0.3 is 5.32 Å². The fourth-order valence-corrected chi connectivity index (χ4v) is 1.73. The Kier molecular flexibility index (Phi) is 3.60. The molecular weight excluding hydrogens is 266 g/mol. The maximum atomic E-state index is 12.0. The number of benzene rings is 1.